The van der Waals surface area contributed by atoms with Crippen molar-refractivity contribution in [1.82, 2.24) is 4.90 Å². The zero-order chi connectivity index (χ0) is 17.0. The van der Waals surface area contributed by atoms with Gasteiger partial charge in [0.05, 0.1) is 13.2 Å². The molecule has 1 aliphatic carbocycles. The minimum atomic E-state index is -0.252. The maximum Gasteiger partial charge on any atom is 0.122 e. The number of aliphatic hydroxyl groups is 2. The largest absolute Gasteiger partial charge is 0.508 e. The van der Waals surface area contributed by atoms with E-state index in [9.17, 15) is 20.4 Å². The SMILES string of the molecule is CN1CCc2cc(O)c(CO)c3c2[C@@H]1Cc1cc(O)c(CO)cc1-3. The molecule has 0 saturated heterocycles. The molecular weight excluding hydrogens is 306 g/mol. The van der Waals surface area contributed by atoms with Crippen molar-refractivity contribution in [3.8, 4) is 22.6 Å². The van der Waals surface area contributed by atoms with Gasteiger partial charge in [-0.3, -0.25) is 4.90 Å². The summed E-state index contributed by atoms with van der Waals surface area (Å²) in [7, 11) is 2.08. The number of hydrogen-bond donors (Lipinski definition) is 4. The Morgan fingerprint density at radius 1 is 1.04 bits per heavy atom. The molecule has 0 fully saturated rings. The molecule has 5 heteroatoms. The van der Waals surface area contributed by atoms with Crippen molar-refractivity contribution in [2.45, 2.75) is 32.1 Å². The van der Waals surface area contributed by atoms with E-state index in [0.717, 1.165) is 47.2 Å². The van der Waals surface area contributed by atoms with Gasteiger partial charge in [-0.2, -0.15) is 0 Å². The Balaban J connectivity index is 2.08. The quantitative estimate of drug-likeness (QED) is 0.676. The Kier molecular flexibility index (Phi) is 3.53. The Morgan fingerprint density at radius 2 is 1.79 bits per heavy atom. The first-order valence-corrected chi connectivity index (χ1v) is 8.19. The molecule has 0 unspecified atom stereocenters. The minimum Gasteiger partial charge on any atom is -0.508 e. The lowest BCUT2D eigenvalue weighted by molar-refractivity contribution is 0.226. The number of hydrogen-bond acceptors (Lipinski definition) is 5. The van der Waals surface area contributed by atoms with Crippen molar-refractivity contribution >= 4 is 0 Å². The minimum absolute atomic E-state index is 0.0871. The third-order valence-corrected chi connectivity index (χ3v) is 5.45. The van der Waals surface area contributed by atoms with Crippen LogP contribution in [0.1, 0.15) is 33.9 Å². The number of benzene rings is 2. The van der Waals surface area contributed by atoms with Crippen LogP contribution >= 0.6 is 0 Å². The fraction of sp³-hybridized carbons (Fsp3) is 0.368. The number of fused-ring (bicyclic) bond motifs is 2. The van der Waals surface area contributed by atoms with E-state index in [1.807, 2.05) is 0 Å². The van der Waals surface area contributed by atoms with Crippen molar-refractivity contribution in [2.24, 2.45) is 0 Å². The Bertz CT molecular complexity index is 831. The summed E-state index contributed by atoms with van der Waals surface area (Å²) < 4.78 is 0. The summed E-state index contributed by atoms with van der Waals surface area (Å²) in [4.78, 5) is 2.28. The fourth-order valence-corrected chi connectivity index (χ4v) is 4.18. The summed E-state index contributed by atoms with van der Waals surface area (Å²) in [6.45, 7) is 0.405. The number of likely N-dealkylation sites (N-methyl/N-ethyl adjacent to an activating group) is 1. The molecule has 4 rings (SSSR count). The molecule has 1 atom stereocenters. The number of phenols is 2. The van der Waals surface area contributed by atoms with Gasteiger partial charge in [0.2, 0.25) is 0 Å². The lowest BCUT2D eigenvalue weighted by Crippen LogP contribution is -2.36. The molecule has 0 bridgehead atoms. The van der Waals surface area contributed by atoms with Gasteiger partial charge in [0.15, 0.2) is 0 Å². The standard InChI is InChI=1S/C19H21NO4/c1-20-3-2-10-6-17(24)14(9-22)19-13-4-12(8-21)16(23)7-11(13)5-15(20)18(10)19/h4,6-7,15,21-24H,2-3,5,8-9H2,1H3/t15-/m0/s1. The van der Waals surface area contributed by atoms with Crippen LogP contribution in [0.15, 0.2) is 18.2 Å². The maximum atomic E-state index is 10.4. The van der Waals surface area contributed by atoms with Crippen molar-refractivity contribution in [2.75, 3.05) is 13.6 Å². The van der Waals surface area contributed by atoms with Crippen molar-refractivity contribution in [1.29, 1.82) is 0 Å². The molecule has 0 saturated carbocycles. The van der Waals surface area contributed by atoms with Crippen LogP contribution in [0.5, 0.6) is 11.5 Å². The molecule has 24 heavy (non-hydrogen) atoms. The number of aliphatic hydroxyl groups excluding tert-OH is 2. The maximum absolute atomic E-state index is 10.4. The Hall–Kier alpha value is -2.08. The first-order valence-electron chi connectivity index (χ1n) is 8.19. The summed E-state index contributed by atoms with van der Waals surface area (Å²) in [5.41, 5.74) is 5.98. The van der Waals surface area contributed by atoms with Crippen molar-refractivity contribution < 1.29 is 20.4 Å². The first-order chi connectivity index (χ1) is 11.5. The molecule has 0 spiro atoms. The molecule has 1 aliphatic heterocycles. The second-order valence-corrected chi connectivity index (χ2v) is 6.73. The first kappa shape index (κ1) is 15.4. The van der Waals surface area contributed by atoms with E-state index < -0.39 is 0 Å². The lowest BCUT2D eigenvalue weighted by atomic mass is 9.74. The predicted octanol–water partition coefficient (Wildman–Crippen LogP) is 1.83. The average molecular weight is 327 g/mol. The fourth-order valence-electron chi connectivity index (χ4n) is 4.18. The number of rotatable bonds is 2. The normalized spacial score (nSPS) is 19.0. The molecule has 4 N–H and O–H groups in total. The predicted molar refractivity (Wildman–Crippen MR) is 89.8 cm³/mol. The van der Waals surface area contributed by atoms with E-state index in [2.05, 4.69) is 11.9 Å². The summed E-state index contributed by atoms with van der Waals surface area (Å²) in [5.74, 6) is 0.199. The Morgan fingerprint density at radius 3 is 2.50 bits per heavy atom. The summed E-state index contributed by atoms with van der Waals surface area (Å²) in [6.07, 6.45) is 1.62. The zero-order valence-corrected chi connectivity index (χ0v) is 13.6. The lowest BCUT2D eigenvalue weighted by Gasteiger charge is -2.40. The van der Waals surface area contributed by atoms with Gasteiger partial charge in [-0.1, -0.05) is 0 Å². The molecule has 2 aromatic carbocycles. The summed E-state index contributed by atoms with van der Waals surface area (Å²) >= 11 is 0. The van der Waals surface area contributed by atoms with Crippen LogP contribution in [0.3, 0.4) is 0 Å². The van der Waals surface area contributed by atoms with Crippen LogP contribution in [0.4, 0.5) is 0 Å². The van der Waals surface area contributed by atoms with Crippen LogP contribution in [-0.2, 0) is 26.1 Å². The monoisotopic (exact) mass is 327 g/mol. The van der Waals surface area contributed by atoms with Crippen LogP contribution < -0.4 is 0 Å². The van der Waals surface area contributed by atoms with Gasteiger partial charge in [-0.15, -0.1) is 0 Å². The van der Waals surface area contributed by atoms with Crippen molar-refractivity contribution in [3.05, 3.63) is 46.0 Å². The highest BCUT2D eigenvalue weighted by molar-refractivity contribution is 5.81. The van der Waals surface area contributed by atoms with Crippen molar-refractivity contribution in [3.63, 3.8) is 0 Å². The van der Waals surface area contributed by atoms with Crippen LogP contribution in [0.25, 0.3) is 11.1 Å². The van der Waals surface area contributed by atoms with E-state index in [4.69, 9.17) is 0 Å². The van der Waals surface area contributed by atoms with Gasteiger partial charge in [0.25, 0.3) is 0 Å². The van der Waals surface area contributed by atoms with E-state index >= 15 is 0 Å². The third kappa shape index (κ3) is 2.05. The molecule has 0 radical (unpaired) electrons. The van der Waals surface area contributed by atoms with E-state index in [0.29, 0.717) is 11.1 Å². The molecule has 1 heterocycles. The number of nitrogens with zero attached hydrogens (tertiary/aromatic N) is 1. The molecule has 2 aromatic rings. The van der Waals surface area contributed by atoms with Gasteiger partial charge in [-0.25, -0.2) is 0 Å². The highest BCUT2D eigenvalue weighted by Gasteiger charge is 2.35. The van der Waals surface area contributed by atoms with Gasteiger partial charge < -0.3 is 20.4 Å². The molecule has 126 valence electrons. The molecule has 5 nitrogen and oxygen atoms in total. The smallest absolute Gasteiger partial charge is 0.122 e. The zero-order valence-electron chi connectivity index (χ0n) is 13.6. The topological polar surface area (TPSA) is 84.2 Å². The van der Waals surface area contributed by atoms with Crippen LogP contribution in [0.2, 0.25) is 0 Å². The molecule has 2 aliphatic rings. The average Bonchev–Trinajstić information content (AvgIpc) is 2.57. The second kappa shape index (κ2) is 5.48. The summed E-state index contributed by atoms with van der Waals surface area (Å²) in [5, 5.41) is 39.8. The molecule has 0 aromatic heterocycles. The van der Waals surface area contributed by atoms with Gasteiger partial charge in [0, 0.05) is 23.7 Å². The third-order valence-electron chi connectivity index (χ3n) is 5.45. The van der Waals surface area contributed by atoms with E-state index in [1.165, 1.54) is 0 Å². The van der Waals surface area contributed by atoms with E-state index in [-0.39, 0.29) is 30.8 Å². The van der Waals surface area contributed by atoms with E-state index in [1.54, 1.807) is 18.2 Å². The number of aromatic hydroxyl groups is 2. The Labute approximate surface area is 140 Å². The highest BCUT2D eigenvalue weighted by Crippen LogP contribution is 2.49. The second-order valence-electron chi connectivity index (χ2n) is 6.73. The van der Waals surface area contributed by atoms with Crippen LogP contribution in [0, 0.1) is 0 Å². The van der Waals surface area contributed by atoms with Gasteiger partial charge >= 0.3 is 0 Å². The summed E-state index contributed by atoms with van der Waals surface area (Å²) in [6, 6.07) is 5.44. The molecule has 0 amide bonds. The van der Waals surface area contributed by atoms with Gasteiger partial charge in [-0.05, 0) is 65.9 Å². The van der Waals surface area contributed by atoms with Gasteiger partial charge in [0.1, 0.15) is 11.5 Å². The van der Waals surface area contributed by atoms with Crippen LogP contribution in [-0.4, -0.2) is 38.9 Å². The molecular formula is C19H21NO4. The highest BCUT2D eigenvalue weighted by atomic mass is 16.3.